The van der Waals surface area contributed by atoms with Crippen LogP contribution in [0.15, 0.2) is 42.5 Å². The molecule has 0 saturated heterocycles. The van der Waals surface area contributed by atoms with Gasteiger partial charge in [-0.3, -0.25) is 0 Å². The molecule has 0 saturated carbocycles. The number of aromatic nitrogens is 3. The maximum absolute atomic E-state index is 13.9. The number of hydrogen-bond acceptors (Lipinski definition) is 5. The van der Waals surface area contributed by atoms with Gasteiger partial charge in [-0.1, -0.05) is 30.3 Å². The van der Waals surface area contributed by atoms with Crippen molar-refractivity contribution in [1.82, 2.24) is 15.4 Å². The molecular weight excluding hydrogens is 325 g/mol. The van der Waals surface area contributed by atoms with Gasteiger partial charge in [0.25, 0.3) is 0 Å². The van der Waals surface area contributed by atoms with E-state index in [4.69, 9.17) is 9.47 Å². The van der Waals surface area contributed by atoms with Crippen molar-refractivity contribution in [3.05, 3.63) is 54.0 Å². The summed E-state index contributed by atoms with van der Waals surface area (Å²) in [6, 6.07) is 12.0. The summed E-state index contributed by atoms with van der Waals surface area (Å²) in [4.78, 5) is 11.9. The summed E-state index contributed by atoms with van der Waals surface area (Å²) < 4.78 is 23.7. The van der Waals surface area contributed by atoms with E-state index in [-0.39, 0.29) is 18.1 Å². The third-order valence-corrected chi connectivity index (χ3v) is 3.66. The van der Waals surface area contributed by atoms with E-state index in [0.29, 0.717) is 11.3 Å². The van der Waals surface area contributed by atoms with E-state index in [2.05, 4.69) is 15.4 Å². The Morgan fingerprint density at radius 2 is 1.76 bits per heavy atom. The van der Waals surface area contributed by atoms with Gasteiger partial charge in [0.05, 0.1) is 13.7 Å². The largest absolute Gasteiger partial charge is 0.494 e. The van der Waals surface area contributed by atoms with Gasteiger partial charge in [-0.15, -0.1) is 5.10 Å². The second-order valence-corrected chi connectivity index (χ2v) is 5.17. The first-order chi connectivity index (χ1) is 12.1. The highest BCUT2D eigenvalue weighted by atomic mass is 19.1. The third-order valence-electron chi connectivity index (χ3n) is 3.66. The van der Waals surface area contributed by atoms with Crippen LogP contribution in [-0.2, 0) is 4.74 Å². The maximum Gasteiger partial charge on any atom is 0.361 e. The number of rotatable bonds is 5. The molecule has 2 aromatic carbocycles. The zero-order valence-electron chi connectivity index (χ0n) is 13.7. The number of H-pyrrole nitrogens is 1. The SMILES string of the molecule is CCOC(=O)c1n[nH]nc1-c1ccc(-c2ccc(OC)c(F)c2)cc1. The summed E-state index contributed by atoms with van der Waals surface area (Å²) in [6.45, 7) is 1.98. The van der Waals surface area contributed by atoms with Crippen molar-refractivity contribution in [3.63, 3.8) is 0 Å². The van der Waals surface area contributed by atoms with Crippen molar-refractivity contribution in [2.24, 2.45) is 0 Å². The minimum atomic E-state index is -0.535. The van der Waals surface area contributed by atoms with Crippen LogP contribution < -0.4 is 4.74 Å². The van der Waals surface area contributed by atoms with Gasteiger partial charge in [0.2, 0.25) is 0 Å². The smallest absolute Gasteiger partial charge is 0.361 e. The van der Waals surface area contributed by atoms with Crippen LogP contribution in [0.3, 0.4) is 0 Å². The number of hydrogen-bond donors (Lipinski definition) is 1. The van der Waals surface area contributed by atoms with E-state index in [9.17, 15) is 9.18 Å². The standard InChI is InChI=1S/C18H16FN3O3/c1-3-25-18(23)17-16(20-22-21-17)12-6-4-11(5-7-12)13-8-9-15(24-2)14(19)10-13/h4-10H,3H2,1-2H3,(H,20,21,22). The van der Waals surface area contributed by atoms with Crippen LogP contribution in [0.2, 0.25) is 0 Å². The van der Waals surface area contributed by atoms with Crippen LogP contribution in [0.4, 0.5) is 4.39 Å². The number of benzene rings is 2. The van der Waals surface area contributed by atoms with Gasteiger partial charge >= 0.3 is 5.97 Å². The lowest BCUT2D eigenvalue weighted by molar-refractivity contribution is 0.0520. The van der Waals surface area contributed by atoms with Crippen molar-refractivity contribution in [2.75, 3.05) is 13.7 Å². The molecule has 0 aliphatic rings. The van der Waals surface area contributed by atoms with Gasteiger partial charge in [0, 0.05) is 5.56 Å². The Balaban J connectivity index is 1.90. The highest BCUT2D eigenvalue weighted by molar-refractivity contribution is 5.94. The van der Waals surface area contributed by atoms with Crippen LogP contribution in [0.25, 0.3) is 22.4 Å². The predicted molar refractivity (Wildman–Crippen MR) is 89.7 cm³/mol. The molecule has 0 bridgehead atoms. The van der Waals surface area contributed by atoms with Crippen molar-refractivity contribution in [1.29, 1.82) is 0 Å². The average molecular weight is 341 g/mol. The van der Waals surface area contributed by atoms with Crippen molar-refractivity contribution >= 4 is 5.97 Å². The molecule has 0 aliphatic heterocycles. The molecule has 0 radical (unpaired) electrons. The molecule has 1 N–H and O–H groups in total. The number of carbonyl (C=O) groups is 1. The Bertz CT molecular complexity index is 891. The van der Waals surface area contributed by atoms with E-state index in [1.807, 2.05) is 12.1 Å². The molecule has 3 rings (SSSR count). The van der Waals surface area contributed by atoms with Gasteiger partial charge in [-0.25, -0.2) is 9.18 Å². The van der Waals surface area contributed by atoms with Gasteiger partial charge in [-0.05, 0) is 30.2 Å². The number of methoxy groups -OCH3 is 1. The summed E-state index contributed by atoms with van der Waals surface area (Å²) >= 11 is 0. The first-order valence-corrected chi connectivity index (χ1v) is 7.66. The first kappa shape index (κ1) is 16.6. The van der Waals surface area contributed by atoms with E-state index in [0.717, 1.165) is 11.1 Å². The molecule has 25 heavy (non-hydrogen) atoms. The van der Waals surface area contributed by atoms with Gasteiger partial charge in [0.15, 0.2) is 17.3 Å². The molecule has 0 aliphatic carbocycles. The molecule has 6 nitrogen and oxygen atoms in total. The second-order valence-electron chi connectivity index (χ2n) is 5.17. The number of aromatic amines is 1. The normalized spacial score (nSPS) is 10.5. The Morgan fingerprint density at radius 1 is 1.08 bits per heavy atom. The number of halogens is 1. The fraction of sp³-hybridized carbons (Fsp3) is 0.167. The zero-order valence-corrected chi connectivity index (χ0v) is 13.7. The quantitative estimate of drug-likeness (QED) is 0.719. The number of ether oxygens (including phenoxy) is 2. The lowest BCUT2D eigenvalue weighted by atomic mass is 10.0. The molecule has 3 aromatic rings. The molecule has 128 valence electrons. The molecule has 0 atom stereocenters. The molecule has 0 unspecified atom stereocenters. The lowest BCUT2D eigenvalue weighted by Gasteiger charge is -2.06. The first-order valence-electron chi connectivity index (χ1n) is 7.66. The highest BCUT2D eigenvalue weighted by Crippen LogP contribution is 2.28. The fourth-order valence-electron chi connectivity index (χ4n) is 2.44. The second kappa shape index (κ2) is 7.12. The number of nitrogens with one attached hydrogen (secondary N) is 1. The number of esters is 1. The van der Waals surface area contributed by atoms with Crippen LogP contribution in [0.5, 0.6) is 5.75 Å². The molecule has 1 heterocycles. The maximum atomic E-state index is 13.9. The minimum absolute atomic E-state index is 0.130. The van der Waals surface area contributed by atoms with E-state index in [1.165, 1.54) is 13.2 Å². The van der Waals surface area contributed by atoms with Gasteiger partial charge < -0.3 is 9.47 Å². The Labute approximate surface area is 143 Å². The molecule has 0 amide bonds. The average Bonchev–Trinajstić information content (AvgIpc) is 3.12. The van der Waals surface area contributed by atoms with Gasteiger partial charge in [-0.2, -0.15) is 10.3 Å². The lowest BCUT2D eigenvalue weighted by Crippen LogP contribution is -2.06. The van der Waals surface area contributed by atoms with Crippen molar-refractivity contribution in [2.45, 2.75) is 6.92 Å². The Morgan fingerprint density at radius 3 is 2.40 bits per heavy atom. The van der Waals surface area contributed by atoms with Crippen LogP contribution in [0.1, 0.15) is 17.4 Å². The zero-order chi connectivity index (χ0) is 17.8. The molecule has 7 heteroatoms. The van der Waals surface area contributed by atoms with Crippen LogP contribution in [-0.4, -0.2) is 35.1 Å². The number of nitrogens with zero attached hydrogens (tertiary/aromatic N) is 2. The fourth-order valence-corrected chi connectivity index (χ4v) is 2.44. The predicted octanol–water partition coefficient (Wildman–Crippen LogP) is 3.46. The molecule has 0 fully saturated rings. The van der Waals surface area contributed by atoms with Crippen LogP contribution >= 0.6 is 0 Å². The third kappa shape index (κ3) is 3.35. The van der Waals surface area contributed by atoms with Crippen molar-refractivity contribution in [3.8, 4) is 28.1 Å². The Hall–Kier alpha value is -3.22. The van der Waals surface area contributed by atoms with E-state index >= 15 is 0 Å². The van der Waals surface area contributed by atoms with Crippen LogP contribution in [0, 0.1) is 5.82 Å². The minimum Gasteiger partial charge on any atom is -0.494 e. The van der Waals surface area contributed by atoms with E-state index in [1.54, 1.807) is 31.2 Å². The highest BCUT2D eigenvalue weighted by Gasteiger charge is 2.19. The summed E-state index contributed by atoms with van der Waals surface area (Å²) in [5.41, 5.74) is 2.78. The molecule has 0 spiro atoms. The van der Waals surface area contributed by atoms with E-state index < -0.39 is 11.8 Å². The Kier molecular flexibility index (Phi) is 4.74. The summed E-state index contributed by atoms with van der Waals surface area (Å²) in [5.74, 6) is -0.764. The van der Waals surface area contributed by atoms with Crippen molar-refractivity contribution < 1.29 is 18.7 Å². The molecule has 1 aromatic heterocycles. The topological polar surface area (TPSA) is 77.1 Å². The summed E-state index contributed by atoms with van der Waals surface area (Å²) in [5, 5.41) is 10.3. The number of carbonyl (C=O) groups excluding carboxylic acids is 1. The van der Waals surface area contributed by atoms with Gasteiger partial charge in [0.1, 0.15) is 5.69 Å². The summed E-state index contributed by atoms with van der Waals surface area (Å²) in [6.07, 6.45) is 0. The summed E-state index contributed by atoms with van der Waals surface area (Å²) in [7, 11) is 1.42. The monoisotopic (exact) mass is 341 g/mol. The molecular formula is C18H16FN3O3.